The molecule has 0 aromatic carbocycles. The third-order valence-electron chi connectivity index (χ3n) is 6.09. The molecule has 7 heteroatoms. The van der Waals surface area contributed by atoms with Crippen LogP contribution in [-0.2, 0) is 22.9 Å². The van der Waals surface area contributed by atoms with Crippen LogP contribution in [0.1, 0.15) is 78.3 Å². The summed E-state index contributed by atoms with van der Waals surface area (Å²) in [5.74, 6) is 1.07. The Bertz CT molecular complexity index is 707. The molecule has 0 saturated carbocycles. The van der Waals surface area contributed by atoms with Gasteiger partial charge in [-0.3, -0.25) is 4.90 Å². The van der Waals surface area contributed by atoms with E-state index in [0.717, 1.165) is 63.9 Å². The van der Waals surface area contributed by atoms with Gasteiger partial charge in [0.1, 0.15) is 0 Å². The summed E-state index contributed by atoms with van der Waals surface area (Å²) in [5.41, 5.74) is 0.996. The van der Waals surface area contributed by atoms with Crippen LogP contribution >= 0.6 is 0 Å². The highest BCUT2D eigenvalue weighted by molar-refractivity contribution is 7.91. The van der Waals surface area contributed by atoms with Crippen LogP contribution in [0.3, 0.4) is 0 Å². The molecule has 0 bridgehead atoms. The normalized spacial score (nSPS) is 17.9. The van der Waals surface area contributed by atoms with E-state index in [4.69, 9.17) is 0 Å². The third-order valence-corrected chi connectivity index (χ3v) is 7.80. The number of piperidine rings is 1. The van der Waals surface area contributed by atoms with Crippen LogP contribution in [0.2, 0.25) is 0 Å². The predicted octanol–water partition coefficient (Wildman–Crippen LogP) is 3.88. The smallest absolute Gasteiger partial charge is 0.227 e. The van der Waals surface area contributed by atoms with E-state index in [-0.39, 0.29) is 17.0 Å². The Kier molecular flexibility index (Phi) is 9.63. The number of hydrogen-bond donors (Lipinski definition) is 1. The average Bonchev–Trinajstić information content (AvgIpc) is 3.09. The molecule has 1 aliphatic rings. The van der Waals surface area contributed by atoms with Crippen molar-refractivity contribution in [2.24, 2.45) is 11.8 Å². The van der Waals surface area contributed by atoms with Crippen molar-refractivity contribution >= 4 is 9.84 Å². The molecule has 1 aromatic rings. The van der Waals surface area contributed by atoms with Crippen LogP contribution in [0.15, 0.2) is 11.4 Å². The minimum atomic E-state index is -3.36. The lowest BCUT2D eigenvalue weighted by Gasteiger charge is -2.34. The van der Waals surface area contributed by atoms with Crippen LogP contribution in [0.25, 0.3) is 0 Å². The molecule has 2 rings (SSSR count). The van der Waals surface area contributed by atoms with E-state index in [2.05, 4.69) is 30.7 Å². The van der Waals surface area contributed by atoms with Crippen molar-refractivity contribution in [3.63, 3.8) is 0 Å². The highest BCUT2D eigenvalue weighted by Crippen LogP contribution is 2.24. The lowest BCUT2D eigenvalue weighted by molar-refractivity contribution is 0.0543. The number of aliphatic hydroxyl groups is 1. The van der Waals surface area contributed by atoms with Gasteiger partial charge in [0.25, 0.3) is 0 Å². The van der Waals surface area contributed by atoms with E-state index in [1.54, 1.807) is 6.20 Å². The number of aliphatic hydroxyl groups excluding tert-OH is 1. The van der Waals surface area contributed by atoms with Gasteiger partial charge in [0.05, 0.1) is 23.7 Å². The summed E-state index contributed by atoms with van der Waals surface area (Å²) in [5, 5.41) is 10.3. The number of likely N-dealkylation sites (tertiary alicyclic amines) is 1. The van der Waals surface area contributed by atoms with Crippen LogP contribution in [-0.4, -0.2) is 52.9 Å². The monoisotopic (exact) mass is 427 g/mol. The highest BCUT2D eigenvalue weighted by Gasteiger charge is 2.27. The molecule has 0 radical (unpaired) electrons. The SMILES string of the molecule is CCCCn1c(CN2CCC([C@@H](O)CC)CC2)cnc1S(=O)(=O)CCCC(C)C. The molecule has 29 heavy (non-hydrogen) atoms. The first-order valence-electron chi connectivity index (χ1n) is 11.5. The van der Waals surface area contributed by atoms with Crippen molar-refractivity contribution in [2.45, 2.75) is 97.0 Å². The third kappa shape index (κ3) is 7.07. The molecule has 1 atom stereocenters. The van der Waals surface area contributed by atoms with Gasteiger partial charge >= 0.3 is 0 Å². The summed E-state index contributed by atoms with van der Waals surface area (Å²) in [4.78, 5) is 6.74. The number of rotatable bonds is 12. The first kappa shape index (κ1) is 24.4. The number of hydrogen-bond acceptors (Lipinski definition) is 5. The summed E-state index contributed by atoms with van der Waals surface area (Å²) in [7, 11) is -3.36. The van der Waals surface area contributed by atoms with Crippen LogP contribution in [0, 0.1) is 11.8 Å². The summed E-state index contributed by atoms with van der Waals surface area (Å²) in [6.07, 6.45) is 7.94. The Balaban J connectivity index is 2.08. The van der Waals surface area contributed by atoms with E-state index < -0.39 is 9.84 Å². The fraction of sp³-hybridized carbons (Fsp3) is 0.864. The van der Waals surface area contributed by atoms with Gasteiger partial charge in [0.15, 0.2) is 0 Å². The first-order valence-corrected chi connectivity index (χ1v) is 13.1. The van der Waals surface area contributed by atoms with Gasteiger partial charge in [-0.25, -0.2) is 13.4 Å². The van der Waals surface area contributed by atoms with Gasteiger partial charge in [0.2, 0.25) is 15.0 Å². The maximum atomic E-state index is 12.9. The Morgan fingerprint density at radius 1 is 1.21 bits per heavy atom. The Labute approximate surface area is 177 Å². The molecule has 168 valence electrons. The van der Waals surface area contributed by atoms with Crippen LogP contribution < -0.4 is 0 Å². The quantitative estimate of drug-likeness (QED) is 0.548. The minimum absolute atomic E-state index is 0.175. The second kappa shape index (κ2) is 11.5. The summed E-state index contributed by atoms with van der Waals surface area (Å²) in [6, 6.07) is 0. The van der Waals surface area contributed by atoms with Gasteiger partial charge in [0, 0.05) is 13.1 Å². The van der Waals surface area contributed by atoms with Gasteiger partial charge < -0.3 is 9.67 Å². The van der Waals surface area contributed by atoms with Gasteiger partial charge in [-0.15, -0.1) is 0 Å². The Morgan fingerprint density at radius 2 is 1.90 bits per heavy atom. The summed E-state index contributed by atoms with van der Waals surface area (Å²) in [6.45, 7) is 11.7. The van der Waals surface area contributed by atoms with Crippen molar-refractivity contribution in [3.05, 3.63) is 11.9 Å². The fourth-order valence-corrected chi connectivity index (χ4v) is 5.64. The van der Waals surface area contributed by atoms with Crippen molar-refractivity contribution in [1.82, 2.24) is 14.5 Å². The number of nitrogens with zero attached hydrogens (tertiary/aromatic N) is 3. The summed E-state index contributed by atoms with van der Waals surface area (Å²) >= 11 is 0. The van der Waals surface area contributed by atoms with E-state index in [1.165, 1.54) is 0 Å². The van der Waals surface area contributed by atoms with E-state index in [9.17, 15) is 13.5 Å². The molecule has 1 fully saturated rings. The molecule has 0 amide bonds. The summed E-state index contributed by atoms with van der Waals surface area (Å²) < 4.78 is 27.8. The first-order chi connectivity index (χ1) is 13.8. The molecule has 0 spiro atoms. The number of unbranched alkanes of at least 4 members (excludes halogenated alkanes) is 1. The lowest BCUT2D eigenvalue weighted by atomic mass is 9.90. The second-order valence-corrected chi connectivity index (χ2v) is 11.0. The molecule has 1 aromatic heterocycles. The van der Waals surface area contributed by atoms with Crippen LogP contribution in [0.4, 0.5) is 0 Å². The van der Waals surface area contributed by atoms with Gasteiger partial charge in [-0.2, -0.15) is 0 Å². The zero-order valence-corrected chi connectivity index (χ0v) is 19.6. The van der Waals surface area contributed by atoms with Gasteiger partial charge in [-0.05, 0) is 63.5 Å². The minimum Gasteiger partial charge on any atom is -0.393 e. The highest BCUT2D eigenvalue weighted by atomic mass is 32.2. The number of sulfone groups is 1. The van der Waals surface area contributed by atoms with Gasteiger partial charge in [-0.1, -0.05) is 34.1 Å². The zero-order chi connectivity index (χ0) is 21.4. The molecule has 0 aliphatic carbocycles. The van der Waals surface area contributed by atoms with E-state index >= 15 is 0 Å². The number of imidazole rings is 1. The maximum Gasteiger partial charge on any atom is 0.227 e. The van der Waals surface area contributed by atoms with Crippen molar-refractivity contribution in [3.8, 4) is 0 Å². The molecule has 1 aliphatic heterocycles. The molecule has 6 nitrogen and oxygen atoms in total. The predicted molar refractivity (Wildman–Crippen MR) is 118 cm³/mol. The second-order valence-electron chi connectivity index (χ2n) is 8.98. The van der Waals surface area contributed by atoms with Crippen LogP contribution in [0.5, 0.6) is 0 Å². The van der Waals surface area contributed by atoms with E-state index in [0.29, 0.717) is 24.8 Å². The molecule has 0 unspecified atom stereocenters. The van der Waals surface area contributed by atoms with Crippen molar-refractivity contribution in [1.29, 1.82) is 0 Å². The zero-order valence-electron chi connectivity index (χ0n) is 18.8. The lowest BCUT2D eigenvalue weighted by Crippen LogP contribution is -2.37. The number of aromatic nitrogens is 2. The standard InChI is InChI=1S/C22H41N3O3S/c1-5-7-12-25-20(17-24-13-10-19(11-14-24)21(26)6-2)16-23-22(25)29(27,28)15-8-9-18(3)4/h16,18-19,21,26H,5-15,17H2,1-4H3/t21-/m0/s1. The molecule has 2 heterocycles. The largest absolute Gasteiger partial charge is 0.393 e. The molecular formula is C22H41N3O3S. The average molecular weight is 428 g/mol. The molecule has 1 saturated heterocycles. The van der Waals surface area contributed by atoms with Crippen molar-refractivity contribution in [2.75, 3.05) is 18.8 Å². The topological polar surface area (TPSA) is 75.4 Å². The Hall–Kier alpha value is -0.920. The van der Waals surface area contributed by atoms with E-state index in [1.807, 2.05) is 11.5 Å². The maximum absolute atomic E-state index is 12.9. The fourth-order valence-electron chi connectivity index (χ4n) is 4.15. The molecule has 1 N–H and O–H groups in total. The van der Waals surface area contributed by atoms with Crippen molar-refractivity contribution < 1.29 is 13.5 Å². The Morgan fingerprint density at radius 3 is 2.48 bits per heavy atom. The molecular weight excluding hydrogens is 386 g/mol.